The predicted molar refractivity (Wildman–Crippen MR) is 78.2 cm³/mol. The predicted octanol–water partition coefficient (Wildman–Crippen LogP) is 4.37. The van der Waals surface area contributed by atoms with Gasteiger partial charge in [-0.1, -0.05) is 18.2 Å². The van der Waals surface area contributed by atoms with E-state index in [1.165, 1.54) is 13.2 Å². The molecule has 0 radical (unpaired) electrons. The average molecular weight is 295 g/mol. The van der Waals surface area contributed by atoms with E-state index in [1.807, 2.05) is 24.3 Å². The lowest BCUT2D eigenvalue weighted by Gasteiger charge is -2.12. The Bertz CT molecular complexity index is 569. The summed E-state index contributed by atoms with van der Waals surface area (Å²) in [7, 11) is 3.06. The highest BCUT2D eigenvalue weighted by Gasteiger charge is 2.12. The standard InChI is InChI=1S/C16H16ClFO2/c1-19-13-6-3-11(4-7-13)9-14(17)12-5-8-16(20-2)15(18)10-12/h3-8,10,14H,9H2,1-2H3. The molecule has 0 bridgehead atoms. The number of ether oxygens (including phenoxy) is 2. The number of halogens is 2. The van der Waals surface area contributed by atoms with Crippen molar-refractivity contribution in [2.24, 2.45) is 0 Å². The summed E-state index contributed by atoms with van der Waals surface area (Å²) >= 11 is 6.34. The molecule has 20 heavy (non-hydrogen) atoms. The van der Waals surface area contributed by atoms with E-state index >= 15 is 0 Å². The molecular formula is C16H16ClFO2. The van der Waals surface area contributed by atoms with Gasteiger partial charge in [-0.05, 0) is 41.8 Å². The second-order valence-electron chi connectivity index (χ2n) is 4.41. The van der Waals surface area contributed by atoms with Crippen LogP contribution in [0.15, 0.2) is 42.5 Å². The van der Waals surface area contributed by atoms with Crippen LogP contribution >= 0.6 is 11.6 Å². The zero-order chi connectivity index (χ0) is 14.5. The molecule has 0 aliphatic heterocycles. The SMILES string of the molecule is COc1ccc(CC(Cl)c2ccc(OC)c(F)c2)cc1. The average Bonchev–Trinajstić information content (AvgIpc) is 2.48. The van der Waals surface area contributed by atoms with Gasteiger partial charge in [0, 0.05) is 0 Å². The summed E-state index contributed by atoms with van der Waals surface area (Å²) in [6.07, 6.45) is 0.622. The van der Waals surface area contributed by atoms with Gasteiger partial charge in [0.25, 0.3) is 0 Å². The summed E-state index contributed by atoms with van der Waals surface area (Å²) in [6.45, 7) is 0. The van der Waals surface area contributed by atoms with Gasteiger partial charge in [-0.25, -0.2) is 4.39 Å². The Morgan fingerprint density at radius 1 is 1.05 bits per heavy atom. The molecule has 4 heteroatoms. The van der Waals surface area contributed by atoms with Crippen molar-refractivity contribution in [3.63, 3.8) is 0 Å². The second-order valence-corrected chi connectivity index (χ2v) is 4.94. The number of hydrogen-bond acceptors (Lipinski definition) is 2. The van der Waals surface area contributed by atoms with Crippen molar-refractivity contribution in [3.8, 4) is 11.5 Å². The molecule has 2 aromatic rings. The van der Waals surface area contributed by atoms with Gasteiger partial charge < -0.3 is 9.47 Å². The van der Waals surface area contributed by atoms with E-state index in [-0.39, 0.29) is 11.1 Å². The maximum Gasteiger partial charge on any atom is 0.165 e. The van der Waals surface area contributed by atoms with Crippen LogP contribution in [0, 0.1) is 5.82 Å². The van der Waals surface area contributed by atoms with Crippen LogP contribution in [0.4, 0.5) is 4.39 Å². The summed E-state index contributed by atoms with van der Waals surface area (Å²) in [4.78, 5) is 0. The van der Waals surface area contributed by atoms with Crippen molar-refractivity contribution in [3.05, 3.63) is 59.4 Å². The van der Waals surface area contributed by atoms with E-state index in [0.29, 0.717) is 6.42 Å². The first-order valence-electron chi connectivity index (χ1n) is 6.24. The number of hydrogen-bond donors (Lipinski definition) is 0. The molecule has 0 amide bonds. The smallest absolute Gasteiger partial charge is 0.165 e. The maximum absolute atomic E-state index is 13.6. The highest BCUT2D eigenvalue weighted by molar-refractivity contribution is 6.20. The Hall–Kier alpha value is -1.74. The highest BCUT2D eigenvalue weighted by atomic mass is 35.5. The van der Waals surface area contributed by atoms with E-state index in [4.69, 9.17) is 21.1 Å². The normalized spacial score (nSPS) is 12.0. The lowest BCUT2D eigenvalue weighted by molar-refractivity contribution is 0.386. The number of rotatable bonds is 5. The molecule has 0 fully saturated rings. The third-order valence-electron chi connectivity index (χ3n) is 3.11. The minimum absolute atomic E-state index is 0.224. The fourth-order valence-corrected chi connectivity index (χ4v) is 2.28. The molecule has 0 aliphatic rings. The molecule has 106 valence electrons. The summed E-state index contributed by atoms with van der Waals surface area (Å²) in [5, 5.41) is -0.288. The van der Waals surface area contributed by atoms with Gasteiger partial charge >= 0.3 is 0 Å². The van der Waals surface area contributed by atoms with Crippen LogP contribution < -0.4 is 9.47 Å². The zero-order valence-electron chi connectivity index (χ0n) is 11.4. The first-order valence-corrected chi connectivity index (χ1v) is 6.68. The molecule has 0 saturated heterocycles. The van der Waals surface area contributed by atoms with E-state index in [0.717, 1.165) is 16.9 Å². The molecular weight excluding hydrogens is 279 g/mol. The Morgan fingerprint density at radius 3 is 2.30 bits per heavy atom. The van der Waals surface area contributed by atoms with E-state index < -0.39 is 5.82 Å². The molecule has 1 atom stereocenters. The van der Waals surface area contributed by atoms with Gasteiger partial charge in [-0.3, -0.25) is 0 Å². The van der Waals surface area contributed by atoms with E-state index in [2.05, 4.69) is 0 Å². The Morgan fingerprint density at radius 2 is 1.75 bits per heavy atom. The first-order chi connectivity index (χ1) is 9.63. The zero-order valence-corrected chi connectivity index (χ0v) is 12.2. The quantitative estimate of drug-likeness (QED) is 0.763. The Labute approximate surface area is 123 Å². The van der Waals surface area contributed by atoms with Crippen molar-refractivity contribution in [2.45, 2.75) is 11.8 Å². The molecule has 0 saturated carbocycles. The minimum Gasteiger partial charge on any atom is -0.497 e. The monoisotopic (exact) mass is 294 g/mol. The number of benzene rings is 2. The first kappa shape index (κ1) is 14.7. The molecule has 2 rings (SSSR count). The van der Waals surface area contributed by atoms with E-state index in [9.17, 15) is 4.39 Å². The van der Waals surface area contributed by atoms with Crippen LogP contribution in [0.3, 0.4) is 0 Å². The topological polar surface area (TPSA) is 18.5 Å². The van der Waals surface area contributed by atoms with E-state index in [1.54, 1.807) is 19.2 Å². The molecule has 0 N–H and O–H groups in total. The minimum atomic E-state index is -0.398. The molecule has 2 nitrogen and oxygen atoms in total. The Kier molecular flexibility index (Phi) is 4.85. The van der Waals surface area contributed by atoms with Gasteiger partial charge in [0.2, 0.25) is 0 Å². The fraction of sp³-hybridized carbons (Fsp3) is 0.250. The van der Waals surface area contributed by atoms with Crippen molar-refractivity contribution in [1.82, 2.24) is 0 Å². The summed E-state index contributed by atoms with van der Waals surface area (Å²) < 4.78 is 23.6. The van der Waals surface area contributed by atoms with Crippen LogP contribution in [0.1, 0.15) is 16.5 Å². The maximum atomic E-state index is 13.6. The van der Waals surface area contributed by atoms with Crippen molar-refractivity contribution in [1.29, 1.82) is 0 Å². The lowest BCUT2D eigenvalue weighted by atomic mass is 10.0. The van der Waals surface area contributed by atoms with Crippen LogP contribution in [0.2, 0.25) is 0 Å². The van der Waals surface area contributed by atoms with Gasteiger partial charge in [-0.2, -0.15) is 0 Å². The second kappa shape index (κ2) is 6.62. The Balaban J connectivity index is 2.10. The van der Waals surface area contributed by atoms with Crippen molar-refractivity contribution < 1.29 is 13.9 Å². The molecule has 1 unspecified atom stereocenters. The summed E-state index contributed by atoms with van der Waals surface area (Å²) in [6, 6.07) is 12.5. The van der Waals surface area contributed by atoms with Crippen molar-refractivity contribution in [2.75, 3.05) is 14.2 Å². The van der Waals surface area contributed by atoms with Crippen LogP contribution in [0.5, 0.6) is 11.5 Å². The lowest BCUT2D eigenvalue weighted by Crippen LogP contribution is -1.98. The van der Waals surface area contributed by atoms with Gasteiger partial charge in [-0.15, -0.1) is 11.6 Å². The van der Waals surface area contributed by atoms with Crippen LogP contribution in [-0.2, 0) is 6.42 Å². The van der Waals surface area contributed by atoms with Crippen LogP contribution in [-0.4, -0.2) is 14.2 Å². The third-order valence-corrected chi connectivity index (χ3v) is 3.52. The number of alkyl halides is 1. The summed E-state index contributed by atoms with van der Waals surface area (Å²) in [5.41, 5.74) is 1.81. The van der Waals surface area contributed by atoms with Gasteiger partial charge in [0.1, 0.15) is 5.75 Å². The molecule has 0 aliphatic carbocycles. The number of methoxy groups -OCH3 is 2. The largest absolute Gasteiger partial charge is 0.497 e. The van der Waals surface area contributed by atoms with Gasteiger partial charge in [0.05, 0.1) is 19.6 Å². The van der Waals surface area contributed by atoms with Gasteiger partial charge in [0.15, 0.2) is 11.6 Å². The fourth-order valence-electron chi connectivity index (χ4n) is 1.96. The van der Waals surface area contributed by atoms with Crippen molar-refractivity contribution >= 4 is 11.6 Å². The molecule has 0 heterocycles. The third kappa shape index (κ3) is 3.42. The summed E-state index contributed by atoms with van der Waals surface area (Å²) in [5.74, 6) is 0.628. The molecule has 0 spiro atoms. The highest BCUT2D eigenvalue weighted by Crippen LogP contribution is 2.29. The molecule has 0 aromatic heterocycles. The van der Waals surface area contributed by atoms with Crippen LogP contribution in [0.25, 0.3) is 0 Å². The molecule has 2 aromatic carbocycles.